The number of hydrogen-bond acceptors (Lipinski definition) is 5. The summed E-state index contributed by atoms with van der Waals surface area (Å²) in [6.07, 6.45) is 3.46. The van der Waals surface area contributed by atoms with E-state index in [0.717, 1.165) is 32.5 Å². The molecule has 2 aromatic carbocycles. The van der Waals surface area contributed by atoms with Crippen molar-refractivity contribution in [3.05, 3.63) is 55.0 Å². The maximum absolute atomic E-state index is 4.40. The summed E-state index contributed by atoms with van der Waals surface area (Å²) in [6.45, 7) is 4.00. The molecule has 110 valence electrons. The van der Waals surface area contributed by atoms with Gasteiger partial charge in [-0.2, -0.15) is 4.37 Å². The Hall–Kier alpha value is -2.53. The van der Waals surface area contributed by atoms with E-state index in [9.17, 15) is 0 Å². The summed E-state index contributed by atoms with van der Waals surface area (Å²) >= 11 is 1.46. The quantitative estimate of drug-likeness (QED) is 0.565. The van der Waals surface area contributed by atoms with Gasteiger partial charge in [-0.15, -0.1) is 0 Å². The summed E-state index contributed by atoms with van der Waals surface area (Å²) in [6, 6.07) is 14.1. The molecule has 5 heteroatoms. The van der Waals surface area contributed by atoms with E-state index in [1.54, 1.807) is 6.33 Å². The van der Waals surface area contributed by atoms with Crippen LogP contribution in [0, 0.1) is 0 Å². The van der Waals surface area contributed by atoms with Gasteiger partial charge in [0.1, 0.15) is 12.1 Å². The second-order valence-corrected chi connectivity index (χ2v) is 5.22. The first kappa shape index (κ1) is 14.4. The van der Waals surface area contributed by atoms with Gasteiger partial charge in [-0.25, -0.2) is 9.97 Å². The molecule has 0 aliphatic rings. The second kappa shape index (κ2) is 6.49. The standard InChI is InChI=1S/C15H10N4S.C2H6/c1-2-4-11(5-3-1)19-15-12-7-6-10-8-18-20-14(10)13(12)16-9-17-15;1-2/h1-9H,(H,16,17,19);1-2H3. The number of hydrogen-bond donors (Lipinski definition) is 1. The highest BCUT2D eigenvalue weighted by Gasteiger charge is 2.08. The molecule has 4 aromatic rings. The van der Waals surface area contributed by atoms with Crippen LogP contribution in [0.4, 0.5) is 11.5 Å². The fraction of sp³-hybridized carbons (Fsp3) is 0.118. The molecule has 0 aliphatic carbocycles. The minimum Gasteiger partial charge on any atom is -0.340 e. The van der Waals surface area contributed by atoms with Crippen molar-refractivity contribution in [3.63, 3.8) is 0 Å². The Labute approximate surface area is 133 Å². The van der Waals surface area contributed by atoms with Crippen molar-refractivity contribution < 1.29 is 0 Å². The molecule has 0 saturated carbocycles. The molecule has 4 nitrogen and oxygen atoms in total. The van der Waals surface area contributed by atoms with Crippen molar-refractivity contribution >= 4 is 44.0 Å². The number of benzene rings is 2. The van der Waals surface area contributed by atoms with Gasteiger partial charge < -0.3 is 5.32 Å². The predicted molar refractivity (Wildman–Crippen MR) is 93.8 cm³/mol. The van der Waals surface area contributed by atoms with Gasteiger partial charge >= 0.3 is 0 Å². The largest absolute Gasteiger partial charge is 0.340 e. The summed E-state index contributed by atoms with van der Waals surface area (Å²) in [5, 5.41) is 5.46. The molecular formula is C17H16N4S. The molecule has 0 unspecified atom stereocenters. The normalized spacial score (nSPS) is 10.3. The van der Waals surface area contributed by atoms with Crippen molar-refractivity contribution in [2.75, 3.05) is 5.32 Å². The van der Waals surface area contributed by atoms with Crippen molar-refractivity contribution in [1.29, 1.82) is 0 Å². The Morgan fingerprint density at radius 2 is 1.77 bits per heavy atom. The molecular weight excluding hydrogens is 292 g/mol. The van der Waals surface area contributed by atoms with Crippen LogP contribution >= 0.6 is 11.5 Å². The summed E-state index contributed by atoms with van der Waals surface area (Å²) in [5.74, 6) is 0.816. The topological polar surface area (TPSA) is 50.7 Å². The van der Waals surface area contributed by atoms with Gasteiger partial charge in [0.25, 0.3) is 0 Å². The van der Waals surface area contributed by atoms with Crippen LogP contribution in [0.2, 0.25) is 0 Å². The summed E-state index contributed by atoms with van der Waals surface area (Å²) < 4.78 is 5.32. The zero-order valence-electron chi connectivity index (χ0n) is 12.4. The minimum atomic E-state index is 0.816. The lowest BCUT2D eigenvalue weighted by molar-refractivity contribution is 1.22. The molecule has 22 heavy (non-hydrogen) atoms. The molecule has 0 saturated heterocycles. The van der Waals surface area contributed by atoms with Crippen LogP contribution in [0.15, 0.2) is 55.0 Å². The van der Waals surface area contributed by atoms with Gasteiger partial charge in [-0.1, -0.05) is 38.1 Å². The highest BCUT2D eigenvalue weighted by Crippen LogP contribution is 2.30. The van der Waals surface area contributed by atoms with E-state index < -0.39 is 0 Å². The van der Waals surface area contributed by atoms with Crippen molar-refractivity contribution in [3.8, 4) is 0 Å². The van der Waals surface area contributed by atoms with Crippen LogP contribution < -0.4 is 5.32 Å². The molecule has 2 aromatic heterocycles. The Morgan fingerprint density at radius 1 is 0.955 bits per heavy atom. The molecule has 1 N–H and O–H groups in total. The maximum Gasteiger partial charge on any atom is 0.141 e. The van der Waals surface area contributed by atoms with Gasteiger partial charge in [0.05, 0.1) is 10.2 Å². The van der Waals surface area contributed by atoms with Crippen LogP contribution in [0.25, 0.3) is 21.0 Å². The average Bonchev–Trinajstić information content (AvgIpc) is 3.07. The van der Waals surface area contributed by atoms with Crippen LogP contribution in [-0.2, 0) is 0 Å². The first-order chi connectivity index (χ1) is 10.9. The summed E-state index contributed by atoms with van der Waals surface area (Å²) in [5.41, 5.74) is 1.95. The Balaban J connectivity index is 0.000000693. The molecule has 0 bridgehead atoms. The number of nitrogens with one attached hydrogen (secondary N) is 1. The molecule has 0 radical (unpaired) electrons. The minimum absolute atomic E-state index is 0.816. The van der Waals surface area contributed by atoms with Gasteiger partial charge in [0.2, 0.25) is 0 Å². The van der Waals surface area contributed by atoms with E-state index in [1.807, 2.05) is 56.4 Å². The second-order valence-electron chi connectivity index (χ2n) is 4.42. The van der Waals surface area contributed by atoms with Gasteiger partial charge in [0.15, 0.2) is 0 Å². The number of para-hydroxylation sites is 1. The van der Waals surface area contributed by atoms with Gasteiger partial charge in [0, 0.05) is 22.7 Å². The van der Waals surface area contributed by atoms with Gasteiger partial charge in [-0.05, 0) is 29.7 Å². The number of rotatable bonds is 2. The zero-order chi connectivity index (χ0) is 15.4. The molecule has 0 amide bonds. The molecule has 4 rings (SSSR count). The lowest BCUT2D eigenvalue weighted by atomic mass is 10.2. The monoisotopic (exact) mass is 308 g/mol. The number of fused-ring (bicyclic) bond motifs is 3. The third-order valence-corrected chi connectivity index (χ3v) is 3.99. The van der Waals surface area contributed by atoms with E-state index in [4.69, 9.17) is 0 Å². The van der Waals surface area contributed by atoms with E-state index in [1.165, 1.54) is 11.5 Å². The molecule has 0 spiro atoms. The molecule has 0 fully saturated rings. The number of aromatic nitrogens is 3. The number of nitrogens with zero attached hydrogens (tertiary/aromatic N) is 3. The third-order valence-electron chi connectivity index (χ3n) is 3.16. The first-order valence-corrected chi connectivity index (χ1v) is 7.99. The highest BCUT2D eigenvalue weighted by molar-refractivity contribution is 7.14. The smallest absolute Gasteiger partial charge is 0.141 e. The first-order valence-electron chi connectivity index (χ1n) is 7.22. The third kappa shape index (κ3) is 2.63. The lowest BCUT2D eigenvalue weighted by Crippen LogP contribution is -1.95. The average molecular weight is 308 g/mol. The Morgan fingerprint density at radius 3 is 2.59 bits per heavy atom. The van der Waals surface area contributed by atoms with Crippen molar-refractivity contribution in [1.82, 2.24) is 14.3 Å². The van der Waals surface area contributed by atoms with E-state index in [-0.39, 0.29) is 0 Å². The Kier molecular flexibility index (Phi) is 4.25. The molecule has 2 heterocycles. The van der Waals surface area contributed by atoms with Crippen LogP contribution in [-0.4, -0.2) is 14.3 Å². The molecule has 0 atom stereocenters. The van der Waals surface area contributed by atoms with Crippen molar-refractivity contribution in [2.24, 2.45) is 0 Å². The van der Waals surface area contributed by atoms with E-state index in [2.05, 4.69) is 25.7 Å². The lowest BCUT2D eigenvalue weighted by Gasteiger charge is -2.08. The predicted octanol–water partition coefficient (Wildman–Crippen LogP) is 5.01. The van der Waals surface area contributed by atoms with E-state index in [0.29, 0.717) is 0 Å². The SMILES string of the molecule is CC.c1ccc(Nc2ncnc3c2ccc2cnsc23)cc1. The maximum atomic E-state index is 4.40. The zero-order valence-corrected chi connectivity index (χ0v) is 13.3. The fourth-order valence-corrected chi connectivity index (χ4v) is 2.96. The molecule has 0 aliphatic heterocycles. The summed E-state index contributed by atoms with van der Waals surface area (Å²) in [7, 11) is 0. The highest BCUT2D eigenvalue weighted by atomic mass is 32.1. The van der Waals surface area contributed by atoms with Crippen LogP contribution in [0.5, 0.6) is 0 Å². The Bertz CT molecular complexity index is 887. The number of anilines is 2. The van der Waals surface area contributed by atoms with E-state index >= 15 is 0 Å². The van der Waals surface area contributed by atoms with Crippen molar-refractivity contribution in [2.45, 2.75) is 13.8 Å². The van der Waals surface area contributed by atoms with Crippen LogP contribution in [0.1, 0.15) is 13.8 Å². The van der Waals surface area contributed by atoms with Gasteiger partial charge in [-0.3, -0.25) is 0 Å². The summed E-state index contributed by atoms with van der Waals surface area (Å²) in [4.78, 5) is 8.76. The van der Waals surface area contributed by atoms with Crippen LogP contribution in [0.3, 0.4) is 0 Å². The fourth-order valence-electron chi connectivity index (χ4n) is 2.21.